The van der Waals surface area contributed by atoms with Gasteiger partial charge in [0.05, 0.1) is 13.7 Å². The molecule has 0 heterocycles. The number of hydrogen-bond donors (Lipinski definition) is 2. The number of benzene rings is 1. The van der Waals surface area contributed by atoms with Gasteiger partial charge in [-0.05, 0) is 26.8 Å². The van der Waals surface area contributed by atoms with Gasteiger partial charge < -0.3 is 15.2 Å². The summed E-state index contributed by atoms with van der Waals surface area (Å²) in [4.78, 5) is 0. The van der Waals surface area contributed by atoms with Gasteiger partial charge in [0, 0.05) is 23.1 Å². The molecule has 2 N–H and O–H groups in total. The van der Waals surface area contributed by atoms with Crippen LogP contribution in [0.5, 0.6) is 5.75 Å². The van der Waals surface area contributed by atoms with E-state index in [1.807, 2.05) is 19.9 Å². The number of aryl methyl sites for hydroxylation is 1. The first kappa shape index (κ1) is 16.0. The van der Waals surface area contributed by atoms with Crippen molar-refractivity contribution in [3.8, 4) is 5.75 Å². The second kappa shape index (κ2) is 5.93. The van der Waals surface area contributed by atoms with Crippen molar-refractivity contribution in [2.24, 2.45) is 0 Å². The summed E-state index contributed by atoms with van der Waals surface area (Å²) in [5.41, 5.74) is 2.08. The molecule has 1 aromatic rings. The Bertz CT molecular complexity index is 425. The number of aliphatic hydroxyl groups is 1. The predicted molar refractivity (Wildman–Crippen MR) is 79.9 cm³/mol. The van der Waals surface area contributed by atoms with Gasteiger partial charge in [-0.2, -0.15) is 0 Å². The lowest BCUT2D eigenvalue weighted by Crippen LogP contribution is -2.48. The van der Waals surface area contributed by atoms with E-state index in [0.29, 0.717) is 0 Å². The van der Waals surface area contributed by atoms with Crippen LogP contribution < -0.4 is 10.1 Å². The van der Waals surface area contributed by atoms with Crippen LogP contribution in [0, 0.1) is 6.92 Å². The molecule has 0 bridgehead atoms. The second-order valence-electron chi connectivity index (χ2n) is 6.48. The standard InChI is InChI=1S/C16H27NO2/c1-12-7-8-14(19-6)13(9-12)15(2,3)10-17-16(4,5)11-18/h7-9,17-18H,10-11H2,1-6H3. The number of hydrogen-bond acceptors (Lipinski definition) is 3. The van der Waals surface area contributed by atoms with Crippen molar-refractivity contribution in [1.82, 2.24) is 5.32 Å². The van der Waals surface area contributed by atoms with Crippen LogP contribution in [0.1, 0.15) is 38.8 Å². The number of methoxy groups -OCH3 is 1. The molecule has 0 saturated carbocycles. The van der Waals surface area contributed by atoms with E-state index >= 15 is 0 Å². The first-order valence-corrected chi connectivity index (χ1v) is 6.73. The molecule has 0 saturated heterocycles. The smallest absolute Gasteiger partial charge is 0.122 e. The average molecular weight is 265 g/mol. The largest absolute Gasteiger partial charge is 0.496 e. The van der Waals surface area contributed by atoms with Crippen LogP contribution in [-0.4, -0.2) is 30.9 Å². The lowest BCUT2D eigenvalue weighted by atomic mass is 9.82. The summed E-state index contributed by atoms with van der Waals surface area (Å²) in [6.45, 7) is 11.3. The maximum Gasteiger partial charge on any atom is 0.122 e. The van der Waals surface area contributed by atoms with Crippen molar-refractivity contribution in [2.45, 2.75) is 45.6 Å². The molecule has 3 heteroatoms. The minimum absolute atomic E-state index is 0.0657. The maximum absolute atomic E-state index is 9.32. The van der Waals surface area contributed by atoms with Gasteiger partial charge in [-0.15, -0.1) is 0 Å². The molecule has 0 atom stereocenters. The van der Waals surface area contributed by atoms with Crippen LogP contribution >= 0.6 is 0 Å². The van der Waals surface area contributed by atoms with Crippen molar-refractivity contribution in [2.75, 3.05) is 20.3 Å². The summed E-state index contributed by atoms with van der Waals surface area (Å²) in [7, 11) is 1.70. The molecule has 0 fully saturated rings. The van der Waals surface area contributed by atoms with Crippen LogP contribution in [0.4, 0.5) is 0 Å². The fourth-order valence-corrected chi connectivity index (χ4v) is 1.96. The molecule has 0 radical (unpaired) electrons. The fourth-order valence-electron chi connectivity index (χ4n) is 1.96. The van der Waals surface area contributed by atoms with Gasteiger partial charge in [0.2, 0.25) is 0 Å². The minimum atomic E-state index is -0.270. The normalized spacial score (nSPS) is 12.6. The number of ether oxygens (including phenoxy) is 1. The minimum Gasteiger partial charge on any atom is -0.496 e. The summed E-state index contributed by atoms with van der Waals surface area (Å²) in [6, 6.07) is 6.25. The molecular weight excluding hydrogens is 238 g/mol. The molecule has 1 aromatic carbocycles. The van der Waals surface area contributed by atoms with E-state index in [2.05, 4.69) is 38.2 Å². The molecule has 3 nitrogen and oxygen atoms in total. The van der Waals surface area contributed by atoms with Gasteiger partial charge in [0.1, 0.15) is 5.75 Å². The van der Waals surface area contributed by atoms with E-state index in [4.69, 9.17) is 4.74 Å². The lowest BCUT2D eigenvalue weighted by Gasteiger charge is -2.33. The van der Waals surface area contributed by atoms with E-state index < -0.39 is 0 Å². The predicted octanol–water partition coefficient (Wildman–Crippen LogP) is 2.64. The highest BCUT2D eigenvalue weighted by atomic mass is 16.5. The van der Waals surface area contributed by atoms with Crippen LogP contribution in [0.3, 0.4) is 0 Å². The third-order valence-corrected chi connectivity index (χ3v) is 3.49. The van der Waals surface area contributed by atoms with Crippen LogP contribution in [0.25, 0.3) is 0 Å². The highest BCUT2D eigenvalue weighted by molar-refractivity contribution is 5.42. The Hall–Kier alpha value is -1.06. The number of nitrogens with one attached hydrogen (secondary N) is 1. The van der Waals surface area contributed by atoms with E-state index in [-0.39, 0.29) is 17.6 Å². The zero-order valence-electron chi connectivity index (χ0n) is 13.0. The molecular formula is C16H27NO2. The second-order valence-corrected chi connectivity index (χ2v) is 6.48. The highest BCUT2D eigenvalue weighted by Gasteiger charge is 2.27. The molecule has 0 amide bonds. The van der Waals surface area contributed by atoms with Crippen LogP contribution in [0.15, 0.2) is 18.2 Å². The molecule has 19 heavy (non-hydrogen) atoms. The van der Waals surface area contributed by atoms with Gasteiger partial charge in [-0.3, -0.25) is 0 Å². The fraction of sp³-hybridized carbons (Fsp3) is 0.625. The zero-order chi connectivity index (χ0) is 14.7. The Labute approximate surface area is 117 Å². The molecule has 0 aromatic heterocycles. The average Bonchev–Trinajstić information content (AvgIpc) is 2.37. The Kier molecular flexibility index (Phi) is 4.99. The molecule has 0 aliphatic heterocycles. The summed E-state index contributed by atoms with van der Waals surface area (Å²) >= 11 is 0. The van der Waals surface area contributed by atoms with Crippen molar-refractivity contribution < 1.29 is 9.84 Å². The van der Waals surface area contributed by atoms with E-state index in [9.17, 15) is 5.11 Å². The van der Waals surface area contributed by atoms with Crippen LogP contribution in [0.2, 0.25) is 0 Å². The topological polar surface area (TPSA) is 41.5 Å². The SMILES string of the molecule is COc1ccc(C)cc1C(C)(C)CNC(C)(C)CO. The summed E-state index contributed by atoms with van der Waals surface area (Å²) in [5.74, 6) is 0.916. The molecule has 0 spiro atoms. The van der Waals surface area contributed by atoms with Gasteiger partial charge in [0.25, 0.3) is 0 Å². The summed E-state index contributed by atoms with van der Waals surface area (Å²) in [6.07, 6.45) is 0. The lowest BCUT2D eigenvalue weighted by molar-refractivity contribution is 0.181. The number of rotatable bonds is 6. The Balaban J connectivity index is 2.96. The third kappa shape index (κ3) is 4.22. The van der Waals surface area contributed by atoms with Gasteiger partial charge in [0.15, 0.2) is 0 Å². The third-order valence-electron chi connectivity index (χ3n) is 3.49. The van der Waals surface area contributed by atoms with Gasteiger partial charge >= 0.3 is 0 Å². The molecule has 0 aliphatic rings. The molecule has 1 rings (SSSR count). The zero-order valence-corrected chi connectivity index (χ0v) is 13.0. The molecule has 0 unspecified atom stereocenters. The van der Waals surface area contributed by atoms with Gasteiger partial charge in [-0.25, -0.2) is 0 Å². The van der Waals surface area contributed by atoms with Crippen molar-refractivity contribution in [3.63, 3.8) is 0 Å². The van der Waals surface area contributed by atoms with Crippen molar-refractivity contribution in [1.29, 1.82) is 0 Å². The van der Waals surface area contributed by atoms with Gasteiger partial charge in [-0.1, -0.05) is 31.5 Å². The van der Waals surface area contributed by atoms with E-state index in [0.717, 1.165) is 12.3 Å². The summed E-state index contributed by atoms with van der Waals surface area (Å²) < 4.78 is 5.47. The Morgan fingerprint density at radius 3 is 2.37 bits per heavy atom. The van der Waals surface area contributed by atoms with E-state index in [1.54, 1.807) is 7.11 Å². The van der Waals surface area contributed by atoms with E-state index in [1.165, 1.54) is 11.1 Å². The monoisotopic (exact) mass is 265 g/mol. The Morgan fingerprint density at radius 1 is 1.21 bits per heavy atom. The maximum atomic E-state index is 9.32. The first-order chi connectivity index (χ1) is 8.72. The molecule has 108 valence electrons. The van der Waals surface area contributed by atoms with Crippen LogP contribution in [-0.2, 0) is 5.41 Å². The first-order valence-electron chi connectivity index (χ1n) is 6.73. The quantitative estimate of drug-likeness (QED) is 0.831. The van der Waals surface area contributed by atoms with Crippen molar-refractivity contribution in [3.05, 3.63) is 29.3 Å². The Morgan fingerprint density at radius 2 is 1.84 bits per heavy atom. The number of aliphatic hydroxyl groups excluding tert-OH is 1. The highest BCUT2D eigenvalue weighted by Crippen LogP contribution is 2.32. The molecule has 0 aliphatic carbocycles. The van der Waals surface area contributed by atoms with Crippen molar-refractivity contribution >= 4 is 0 Å². The summed E-state index contributed by atoms with van der Waals surface area (Å²) in [5, 5.41) is 12.7.